The van der Waals surface area contributed by atoms with E-state index in [1.54, 1.807) is 24.3 Å². The molecule has 0 spiro atoms. The summed E-state index contributed by atoms with van der Waals surface area (Å²) in [5, 5.41) is 44.9. The summed E-state index contributed by atoms with van der Waals surface area (Å²) in [5.41, 5.74) is -3.60. The molecule has 5 nitrogen and oxygen atoms in total. The molecule has 0 aromatic heterocycles. The van der Waals surface area contributed by atoms with Crippen molar-refractivity contribution in [2.75, 3.05) is 0 Å². The monoisotopic (exact) mass is 186 g/mol. The maximum absolute atomic E-state index is 9.49. The number of aliphatic hydroxyl groups excluding tert-OH is 1. The summed E-state index contributed by atoms with van der Waals surface area (Å²) in [6.07, 6.45) is -1.04. The number of nitriles is 4. The van der Waals surface area contributed by atoms with Crippen molar-refractivity contribution in [2.45, 2.75) is 18.9 Å². The minimum atomic E-state index is -1.91. The quantitative estimate of drug-likeness (QED) is 0.580. The lowest BCUT2D eigenvalue weighted by Gasteiger charge is -2.24. The Kier molecular flexibility index (Phi) is 2.15. The second-order valence-corrected chi connectivity index (χ2v) is 3.22. The van der Waals surface area contributed by atoms with Gasteiger partial charge in [0, 0.05) is 0 Å². The summed E-state index contributed by atoms with van der Waals surface area (Å²) < 4.78 is 0. The fourth-order valence-electron chi connectivity index (χ4n) is 1.73. The molecule has 1 aliphatic rings. The van der Waals surface area contributed by atoms with Crippen LogP contribution < -0.4 is 0 Å². The highest BCUT2D eigenvalue weighted by Crippen LogP contribution is 2.51. The molecule has 1 unspecified atom stereocenters. The van der Waals surface area contributed by atoms with Gasteiger partial charge >= 0.3 is 0 Å². The normalized spacial score (nSPS) is 26.5. The van der Waals surface area contributed by atoms with Gasteiger partial charge in [-0.2, -0.15) is 21.0 Å². The van der Waals surface area contributed by atoms with E-state index in [-0.39, 0.29) is 12.8 Å². The second kappa shape index (κ2) is 3.00. The minimum absolute atomic E-state index is 0.0578. The molecule has 0 aromatic carbocycles. The molecule has 0 radical (unpaired) electrons. The summed E-state index contributed by atoms with van der Waals surface area (Å²) in [7, 11) is 0. The first-order chi connectivity index (χ1) is 6.62. The van der Waals surface area contributed by atoms with Crippen LogP contribution in [0.5, 0.6) is 0 Å². The lowest BCUT2D eigenvalue weighted by molar-refractivity contribution is 0.102. The van der Waals surface area contributed by atoms with Crippen molar-refractivity contribution in [3.8, 4) is 24.3 Å². The van der Waals surface area contributed by atoms with Gasteiger partial charge in [0.1, 0.15) is 0 Å². The molecule has 1 saturated carbocycles. The Morgan fingerprint density at radius 1 is 1.00 bits per heavy atom. The van der Waals surface area contributed by atoms with Gasteiger partial charge in [0.2, 0.25) is 5.41 Å². The molecule has 0 aromatic rings. The fourth-order valence-corrected chi connectivity index (χ4v) is 1.73. The van der Waals surface area contributed by atoms with Gasteiger partial charge in [-0.1, -0.05) is 0 Å². The summed E-state index contributed by atoms with van der Waals surface area (Å²) >= 11 is 0. The van der Waals surface area contributed by atoms with Crippen molar-refractivity contribution in [3.05, 3.63) is 0 Å². The molecule has 1 aliphatic carbocycles. The number of hydrogen-bond acceptors (Lipinski definition) is 5. The molecule has 68 valence electrons. The standard InChI is InChI=1S/C9H6N4O/c10-3-8(4-11)2-1-7(14)9(8,5-12)6-13/h7,14H,1-2H2. The number of hydrogen-bond donors (Lipinski definition) is 1. The average molecular weight is 186 g/mol. The first kappa shape index (κ1) is 10.0. The highest BCUT2D eigenvalue weighted by atomic mass is 16.3. The van der Waals surface area contributed by atoms with E-state index >= 15 is 0 Å². The molecule has 1 N–H and O–H groups in total. The number of aliphatic hydroxyl groups is 1. The van der Waals surface area contributed by atoms with Crippen LogP contribution in [0.3, 0.4) is 0 Å². The molecule has 1 rings (SSSR count). The van der Waals surface area contributed by atoms with Gasteiger partial charge in [-0.25, -0.2) is 0 Å². The van der Waals surface area contributed by atoms with Crippen LogP contribution in [-0.2, 0) is 0 Å². The van der Waals surface area contributed by atoms with E-state index in [0.717, 1.165) is 0 Å². The predicted octanol–water partition coefficient (Wildman–Crippen LogP) is 0.208. The Morgan fingerprint density at radius 3 is 1.79 bits per heavy atom. The van der Waals surface area contributed by atoms with E-state index in [9.17, 15) is 5.11 Å². The maximum Gasteiger partial charge on any atom is 0.200 e. The molecular weight excluding hydrogens is 180 g/mol. The molecule has 5 heteroatoms. The van der Waals surface area contributed by atoms with E-state index in [1.807, 2.05) is 0 Å². The topological polar surface area (TPSA) is 115 Å². The SMILES string of the molecule is N#CC1(C#N)CCC(O)C1(C#N)C#N. The summed E-state index contributed by atoms with van der Waals surface area (Å²) in [4.78, 5) is 0. The van der Waals surface area contributed by atoms with Crippen LogP contribution in [0.25, 0.3) is 0 Å². The summed E-state index contributed by atoms with van der Waals surface area (Å²) in [6, 6.07) is 6.60. The average Bonchev–Trinajstić information content (AvgIpc) is 2.52. The molecule has 1 fully saturated rings. The molecular formula is C9H6N4O. The minimum Gasteiger partial charge on any atom is -0.390 e. The Hall–Kier alpha value is -2.08. The van der Waals surface area contributed by atoms with Crippen LogP contribution in [0.4, 0.5) is 0 Å². The fraction of sp³-hybridized carbons (Fsp3) is 0.556. The van der Waals surface area contributed by atoms with Gasteiger partial charge in [0.15, 0.2) is 5.41 Å². The molecule has 0 amide bonds. The first-order valence-corrected chi connectivity index (χ1v) is 3.95. The largest absolute Gasteiger partial charge is 0.390 e. The first-order valence-electron chi connectivity index (χ1n) is 3.95. The Labute approximate surface area is 81.0 Å². The number of nitrogens with zero attached hydrogens (tertiary/aromatic N) is 4. The Morgan fingerprint density at radius 2 is 1.50 bits per heavy atom. The van der Waals surface area contributed by atoms with Crippen molar-refractivity contribution in [1.29, 1.82) is 21.0 Å². The van der Waals surface area contributed by atoms with Crippen LogP contribution in [0.1, 0.15) is 12.8 Å². The third-order valence-corrected chi connectivity index (χ3v) is 2.70. The zero-order valence-electron chi connectivity index (χ0n) is 7.23. The zero-order valence-corrected chi connectivity index (χ0v) is 7.23. The van der Waals surface area contributed by atoms with Gasteiger partial charge in [0.25, 0.3) is 0 Å². The highest BCUT2D eigenvalue weighted by Gasteiger charge is 2.63. The predicted molar refractivity (Wildman–Crippen MR) is 42.6 cm³/mol. The third-order valence-electron chi connectivity index (χ3n) is 2.70. The molecule has 0 saturated heterocycles. The van der Waals surface area contributed by atoms with Crippen molar-refractivity contribution in [1.82, 2.24) is 0 Å². The van der Waals surface area contributed by atoms with E-state index in [0.29, 0.717) is 0 Å². The van der Waals surface area contributed by atoms with Crippen LogP contribution in [0.2, 0.25) is 0 Å². The van der Waals surface area contributed by atoms with Crippen LogP contribution in [0, 0.1) is 56.2 Å². The van der Waals surface area contributed by atoms with Gasteiger partial charge in [-0.3, -0.25) is 0 Å². The highest BCUT2D eigenvalue weighted by molar-refractivity contribution is 5.39. The Bertz CT molecular complexity index is 386. The third kappa shape index (κ3) is 0.826. The van der Waals surface area contributed by atoms with Crippen molar-refractivity contribution in [2.24, 2.45) is 10.8 Å². The van der Waals surface area contributed by atoms with Crippen molar-refractivity contribution in [3.63, 3.8) is 0 Å². The van der Waals surface area contributed by atoms with E-state index in [4.69, 9.17) is 21.0 Å². The number of rotatable bonds is 0. The van der Waals surface area contributed by atoms with Crippen LogP contribution in [-0.4, -0.2) is 11.2 Å². The maximum atomic E-state index is 9.49. The van der Waals surface area contributed by atoms with Gasteiger partial charge in [-0.15, -0.1) is 0 Å². The van der Waals surface area contributed by atoms with E-state index in [1.165, 1.54) is 0 Å². The van der Waals surface area contributed by atoms with Gasteiger partial charge in [-0.05, 0) is 12.8 Å². The van der Waals surface area contributed by atoms with Crippen LogP contribution in [0.15, 0.2) is 0 Å². The summed E-state index contributed by atoms with van der Waals surface area (Å²) in [6.45, 7) is 0. The molecule has 0 heterocycles. The van der Waals surface area contributed by atoms with Crippen molar-refractivity contribution < 1.29 is 5.11 Å². The van der Waals surface area contributed by atoms with Gasteiger partial charge in [0.05, 0.1) is 30.4 Å². The van der Waals surface area contributed by atoms with Gasteiger partial charge < -0.3 is 5.11 Å². The summed E-state index contributed by atoms with van der Waals surface area (Å²) in [5.74, 6) is 0. The van der Waals surface area contributed by atoms with E-state index < -0.39 is 16.9 Å². The lowest BCUT2D eigenvalue weighted by Crippen LogP contribution is -2.40. The molecule has 0 bridgehead atoms. The molecule has 0 aliphatic heterocycles. The second-order valence-electron chi connectivity index (χ2n) is 3.22. The molecule has 14 heavy (non-hydrogen) atoms. The zero-order chi connectivity index (χ0) is 10.8. The van der Waals surface area contributed by atoms with Crippen LogP contribution >= 0.6 is 0 Å². The molecule has 1 atom stereocenters. The van der Waals surface area contributed by atoms with E-state index in [2.05, 4.69) is 0 Å². The Balaban J connectivity index is 3.42. The lowest BCUT2D eigenvalue weighted by atomic mass is 9.68. The van der Waals surface area contributed by atoms with Crippen molar-refractivity contribution >= 4 is 0 Å². The smallest absolute Gasteiger partial charge is 0.200 e.